The number of aryl methyl sites for hydroxylation is 2. The topological polar surface area (TPSA) is 42.7 Å². The number of nitrogens with zero attached hydrogens (tertiary/aromatic N) is 3. The molecule has 2 aromatic heterocycles. The summed E-state index contributed by atoms with van der Waals surface area (Å²) < 4.78 is 2.07. The van der Waals surface area contributed by atoms with E-state index < -0.39 is 0 Å². The Kier molecular flexibility index (Phi) is 1.50. The number of nitrogens with one attached hydrogen (secondary N) is 1. The Morgan fingerprint density at radius 1 is 1.43 bits per heavy atom. The second-order valence-electron chi connectivity index (χ2n) is 3.72. The summed E-state index contributed by atoms with van der Waals surface area (Å²) in [5.41, 5.74) is 2.39. The molecular formula is C10H12N4. The van der Waals surface area contributed by atoms with Crippen LogP contribution in [0.25, 0.3) is 11.0 Å². The maximum Gasteiger partial charge on any atom is 0.145 e. The number of aromatic nitrogens is 3. The molecule has 14 heavy (non-hydrogen) atoms. The van der Waals surface area contributed by atoms with Crippen LogP contribution >= 0.6 is 0 Å². The van der Waals surface area contributed by atoms with E-state index in [2.05, 4.69) is 26.0 Å². The lowest BCUT2D eigenvalue weighted by Gasteiger charge is -2.02. The lowest BCUT2D eigenvalue weighted by molar-refractivity contribution is 0.858. The first-order valence-corrected chi connectivity index (χ1v) is 4.89. The van der Waals surface area contributed by atoms with E-state index in [9.17, 15) is 0 Å². The van der Waals surface area contributed by atoms with Gasteiger partial charge in [-0.25, -0.2) is 9.97 Å². The summed E-state index contributed by atoms with van der Waals surface area (Å²) in [6.45, 7) is 1.00. The van der Waals surface area contributed by atoms with Gasteiger partial charge in [-0.1, -0.05) is 0 Å². The molecule has 0 saturated carbocycles. The number of rotatable bonds is 0. The first-order valence-electron chi connectivity index (χ1n) is 4.89. The molecule has 0 saturated heterocycles. The van der Waals surface area contributed by atoms with Gasteiger partial charge in [-0.3, -0.25) is 0 Å². The minimum absolute atomic E-state index is 0.989. The lowest BCUT2D eigenvalue weighted by atomic mass is 10.1. The molecule has 72 valence electrons. The van der Waals surface area contributed by atoms with Crippen molar-refractivity contribution in [3.8, 4) is 0 Å². The van der Waals surface area contributed by atoms with Crippen molar-refractivity contribution >= 4 is 16.9 Å². The molecule has 1 N–H and O–H groups in total. The van der Waals surface area contributed by atoms with E-state index in [1.165, 1.54) is 10.9 Å². The number of hydrogen-bond donors (Lipinski definition) is 1. The Hall–Kier alpha value is -1.58. The first kappa shape index (κ1) is 7.79. The number of anilines is 1. The van der Waals surface area contributed by atoms with Gasteiger partial charge in [0.25, 0.3) is 0 Å². The maximum absolute atomic E-state index is 4.30. The minimum atomic E-state index is 0.989. The Morgan fingerprint density at radius 3 is 3.29 bits per heavy atom. The third-order valence-corrected chi connectivity index (χ3v) is 2.75. The van der Waals surface area contributed by atoms with Gasteiger partial charge in [0.1, 0.15) is 17.8 Å². The quantitative estimate of drug-likeness (QED) is 0.678. The molecule has 0 spiro atoms. The van der Waals surface area contributed by atoms with Crippen LogP contribution in [0.3, 0.4) is 0 Å². The van der Waals surface area contributed by atoms with Crippen molar-refractivity contribution < 1.29 is 0 Å². The van der Waals surface area contributed by atoms with E-state index in [-0.39, 0.29) is 0 Å². The van der Waals surface area contributed by atoms with Gasteiger partial charge in [-0.15, -0.1) is 0 Å². The summed E-state index contributed by atoms with van der Waals surface area (Å²) >= 11 is 0. The van der Waals surface area contributed by atoms with Crippen LogP contribution in [-0.4, -0.2) is 21.1 Å². The van der Waals surface area contributed by atoms with Crippen LogP contribution in [0.4, 0.5) is 5.82 Å². The van der Waals surface area contributed by atoms with Gasteiger partial charge >= 0.3 is 0 Å². The van der Waals surface area contributed by atoms with E-state index in [1.807, 2.05) is 7.05 Å². The molecule has 1 aliphatic heterocycles. The summed E-state index contributed by atoms with van der Waals surface area (Å²) in [5.74, 6) is 0.989. The summed E-state index contributed by atoms with van der Waals surface area (Å²) in [6.07, 6.45) is 6.07. The molecule has 2 aromatic rings. The average molecular weight is 188 g/mol. The summed E-state index contributed by atoms with van der Waals surface area (Å²) in [7, 11) is 2.03. The van der Waals surface area contributed by atoms with Crippen molar-refractivity contribution in [3.63, 3.8) is 0 Å². The van der Waals surface area contributed by atoms with Crippen molar-refractivity contribution in [2.75, 3.05) is 11.9 Å². The van der Waals surface area contributed by atoms with Gasteiger partial charge in [0.2, 0.25) is 0 Å². The maximum atomic E-state index is 4.30. The second kappa shape index (κ2) is 2.70. The molecule has 0 bridgehead atoms. The van der Waals surface area contributed by atoms with Crippen LogP contribution < -0.4 is 5.32 Å². The van der Waals surface area contributed by atoms with Crippen molar-refractivity contribution in [2.45, 2.75) is 12.8 Å². The molecule has 3 rings (SSSR count). The third-order valence-electron chi connectivity index (χ3n) is 2.75. The summed E-state index contributed by atoms with van der Waals surface area (Å²) in [4.78, 5) is 8.57. The van der Waals surface area contributed by atoms with Crippen molar-refractivity contribution in [2.24, 2.45) is 7.05 Å². The molecule has 0 atom stereocenters. The fourth-order valence-corrected chi connectivity index (χ4v) is 2.11. The smallest absolute Gasteiger partial charge is 0.145 e. The van der Waals surface area contributed by atoms with Gasteiger partial charge in [0.05, 0.1) is 5.39 Å². The fourth-order valence-electron chi connectivity index (χ4n) is 2.11. The molecular weight excluding hydrogens is 176 g/mol. The van der Waals surface area contributed by atoms with Gasteiger partial charge < -0.3 is 9.88 Å². The Balaban J connectivity index is 2.42. The largest absolute Gasteiger partial charge is 0.369 e. The second-order valence-corrected chi connectivity index (χ2v) is 3.72. The molecule has 4 nitrogen and oxygen atoms in total. The molecule has 0 aromatic carbocycles. The highest BCUT2D eigenvalue weighted by Gasteiger charge is 2.15. The molecule has 0 amide bonds. The van der Waals surface area contributed by atoms with E-state index in [0.29, 0.717) is 0 Å². The summed E-state index contributed by atoms with van der Waals surface area (Å²) in [5, 5.41) is 4.54. The van der Waals surface area contributed by atoms with Crippen LogP contribution in [0.5, 0.6) is 0 Å². The Labute approximate surface area is 82.0 Å². The molecule has 0 aliphatic carbocycles. The highest BCUT2D eigenvalue weighted by Crippen LogP contribution is 2.27. The summed E-state index contributed by atoms with van der Waals surface area (Å²) in [6, 6.07) is 0. The zero-order valence-corrected chi connectivity index (χ0v) is 8.12. The van der Waals surface area contributed by atoms with Crippen LogP contribution in [0.15, 0.2) is 12.5 Å². The van der Waals surface area contributed by atoms with E-state index in [4.69, 9.17) is 0 Å². The van der Waals surface area contributed by atoms with E-state index >= 15 is 0 Å². The average Bonchev–Trinajstić information content (AvgIpc) is 2.41. The zero-order chi connectivity index (χ0) is 9.54. The van der Waals surface area contributed by atoms with E-state index in [1.54, 1.807) is 6.33 Å². The fraction of sp³-hybridized carbons (Fsp3) is 0.400. The zero-order valence-electron chi connectivity index (χ0n) is 8.12. The molecule has 0 fully saturated rings. The van der Waals surface area contributed by atoms with E-state index in [0.717, 1.165) is 30.9 Å². The predicted octanol–water partition coefficient (Wildman–Crippen LogP) is 1.33. The molecule has 0 radical (unpaired) electrons. The standard InChI is InChI=1S/C10H12N4/c1-14-5-7-3-2-4-11-9-8(7)10(14)13-6-12-9/h5-6H,2-4H2,1H3,(H,11,12,13). The molecule has 4 heteroatoms. The van der Waals surface area contributed by atoms with Crippen LogP contribution in [0, 0.1) is 0 Å². The van der Waals surface area contributed by atoms with Crippen LogP contribution in [-0.2, 0) is 13.5 Å². The molecule has 0 unspecified atom stereocenters. The van der Waals surface area contributed by atoms with Crippen LogP contribution in [0.1, 0.15) is 12.0 Å². The highest BCUT2D eigenvalue weighted by atomic mass is 15.1. The SMILES string of the molecule is Cn1cc2c3c(ncnc31)NCCC2. The highest BCUT2D eigenvalue weighted by molar-refractivity contribution is 5.91. The minimum Gasteiger partial charge on any atom is -0.369 e. The first-order chi connectivity index (χ1) is 6.86. The van der Waals surface area contributed by atoms with Gasteiger partial charge in [0.15, 0.2) is 0 Å². The van der Waals surface area contributed by atoms with Crippen LogP contribution in [0.2, 0.25) is 0 Å². The van der Waals surface area contributed by atoms with Crippen molar-refractivity contribution in [1.82, 2.24) is 14.5 Å². The number of hydrogen-bond acceptors (Lipinski definition) is 3. The van der Waals surface area contributed by atoms with Gasteiger partial charge in [-0.2, -0.15) is 0 Å². The Bertz CT molecular complexity index is 486. The lowest BCUT2D eigenvalue weighted by Crippen LogP contribution is -2.02. The third kappa shape index (κ3) is 0.937. The normalized spacial score (nSPS) is 15.2. The van der Waals surface area contributed by atoms with Crippen molar-refractivity contribution in [3.05, 3.63) is 18.1 Å². The van der Waals surface area contributed by atoms with Gasteiger partial charge in [0, 0.05) is 19.8 Å². The Morgan fingerprint density at radius 2 is 2.36 bits per heavy atom. The van der Waals surface area contributed by atoms with Crippen molar-refractivity contribution in [1.29, 1.82) is 0 Å². The predicted molar refractivity (Wildman–Crippen MR) is 55.3 cm³/mol. The monoisotopic (exact) mass is 188 g/mol. The van der Waals surface area contributed by atoms with Gasteiger partial charge in [-0.05, 0) is 18.4 Å². The molecule has 1 aliphatic rings. The molecule has 3 heterocycles.